The molecule has 34 heavy (non-hydrogen) atoms. The van der Waals surface area contributed by atoms with Crippen LogP contribution in [0.15, 0.2) is 54.7 Å². The van der Waals surface area contributed by atoms with E-state index in [1.807, 2.05) is 30.3 Å². The molecule has 1 fully saturated rings. The van der Waals surface area contributed by atoms with Crippen LogP contribution in [0.4, 0.5) is 5.69 Å². The monoisotopic (exact) mass is 461 g/mol. The van der Waals surface area contributed by atoms with Crippen molar-refractivity contribution in [3.63, 3.8) is 0 Å². The van der Waals surface area contributed by atoms with Crippen LogP contribution < -0.4 is 10.6 Å². The van der Waals surface area contributed by atoms with Gasteiger partial charge in [0.25, 0.3) is 11.8 Å². The van der Waals surface area contributed by atoms with Gasteiger partial charge in [-0.2, -0.15) is 0 Å². The standard InChI is InChI=1S/C26H27N3O5/c1-15(26(33)34-3)27-23(30)16(2)29-14-22-20(8-5-9-21(22)25(29)32)17-10-12-19(13-11-17)28-24(31)18-6-4-7-18/h5,8-13,15,18H,2,4,6-7,14H2,1,3H3,(H,27,30)(H,28,31). The van der Waals surface area contributed by atoms with E-state index in [0.717, 1.165) is 41.6 Å². The molecule has 1 aliphatic heterocycles. The van der Waals surface area contributed by atoms with Gasteiger partial charge in [0.2, 0.25) is 5.91 Å². The Balaban J connectivity index is 1.50. The van der Waals surface area contributed by atoms with Crippen molar-refractivity contribution in [1.29, 1.82) is 0 Å². The van der Waals surface area contributed by atoms with E-state index in [4.69, 9.17) is 0 Å². The number of hydrogen-bond acceptors (Lipinski definition) is 5. The maximum atomic E-state index is 13.0. The van der Waals surface area contributed by atoms with E-state index >= 15 is 0 Å². The molecule has 1 saturated carbocycles. The minimum absolute atomic E-state index is 0.0445. The van der Waals surface area contributed by atoms with Crippen molar-refractivity contribution in [2.45, 2.75) is 38.8 Å². The van der Waals surface area contributed by atoms with Crippen molar-refractivity contribution >= 4 is 29.4 Å². The van der Waals surface area contributed by atoms with Gasteiger partial charge in [-0.3, -0.25) is 19.3 Å². The number of ether oxygens (including phenoxy) is 1. The summed E-state index contributed by atoms with van der Waals surface area (Å²) in [6, 6.07) is 12.1. The number of rotatable bonds is 7. The second-order valence-electron chi connectivity index (χ2n) is 8.58. The van der Waals surface area contributed by atoms with E-state index < -0.39 is 17.9 Å². The number of anilines is 1. The van der Waals surface area contributed by atoms with Gasteiger partial charge in [0, 0.05) is 17.2 Å². The van der Waals surface area contributed by atoms with Crippen LogP contribution in [-0.2, 0) is 25.7 Å². The molecule has 1 atom stereocenters. The van der Waals surface area contributed by atoms with E-state index in [-0.39, 0.29) is 30.0 Å². The smallest absolute Gasteiger partial charge is 0.328 e. The molecule has 2 N–H and O–H groups in total. The summed E-state index contributed by atoms with van der Waals surface area (Å²) in [5, 5.41) is 5.45. The number of carbonyl (C=O) groups excluding carboxylic acids is 4. The third-order valence-corrected chi connectivity index (χ3v) is 6.40. The molecule has 2 aromatic carbocycles. The second kappa shape index (κ2) is 9.51. The predicted molar refractivity (Wildman–Crippen MR) is 126 cm³/mol. The highest BCUT2D eigenvalue weighted by Crippen LogP contribution is 2.35. The first kappa shape index (κ1) is 23.2. The molecule has 1 aliphatic carbocycles. The summed E-state index contributed by atoms with van der Waals surface area (Å²) >= 11 is 0. The van der Waals surface area contributed by atoms with Gasteiger partial charge in [-0.15, -0.1) is 0 Å². The molecule has 0 radical (unpaired) electrons. The summed E-state index contributed by atoms with van der Waals surface area (Å²) < 4.78 is 4.62. The lowest BCUT2D eigenvalue weighted by Gasteiger charge is -2.24. The van der Waals surface area contributed by atoms with E-state index in [0.29, 0.717) is 5.56 Å². The van der Waals surface area contributed by atoms with E-state index in [1.54, 1.807) is 12.1 Å². The summed E-state index contributed by atoms with van der Waals surface area (Å²) in [5.41, 5.74) is 3.72. The Kier molecular flexibility index (Phi) is 6.49. The minimum atomic E-state index is -0.867. The molecular formula is C26H27N3O5. The first-order chi connectivity index (χ1) is 16.3. The van der Waals surface area contributed by atoms with Crippen molar-refractivity contribution < 1.29 is 23.9 Å². The van der Waals surface area contributed by atoms with Crippen molar-refractivity contribution in [2.75, 3.05) is 12.4 Å². The zero-order chi connectivity index (χ0) is 24.4. The molecule has 2 aliphatic rings. The van der Waals surface area contributed by atoms with Gasteiger partial charge in [0.1, 0.15) is 11.7 Å². The van der Waals surface area contributed by atoms with Gasteiger partial charge in [0.05, 0.1) is 13.7 Å². The number of fused-ring (bicyclic) bond motifs is 1. The molecule has 3 amide bonds. The van der Waals surface area contributed by atoms with Crippen LogP contribution in [0.1, 0.15) is 42.1 Å². The van der Waals surface area contributed by atoms with Crippen LogP contribution >= 0.6 is 0 Å². The Morgan fingerprint density at radius 3 is 2.38 bits per heavy atom. The number of benzene rings is 2. The van der Waals surface area contributed by atoms with Crippen molar-refractivity contribution in [2.24, 2.45) is 5.92 Å². The molecule has 0 aromatic heterocycles. The lowest BCUT2D eigenvalue weighted by Crippen LogP contribution is -2.43. The Hall–Kier alpha value is -3.94. The Bertz CT molecular complexity index is 1170. The van der Waals surface area contributed by atoms with Crippen LogP contribution in [0, 0.1) is 5.92 Å². The topological polar surface area (TPSA) is 105 Å². The first-order valence-corrected chi connectivity index (χ1v) is 11.2. The molecule has 176 valence electrons. The van der Waals surface area contributed by atoms with Crippen LogP contribution in [0.3, 0.4) is 0 Å². The highest BCUT2D eigenvalue weighted by Gasteiger charge is 2.34. The molecule has 1 unspecified atom stereocenters. The molecule has 4 rings (SSSR count). The zero-order valence-corrected chi connectivity index (χ0v) is 19.2. The van der Waals surface area contributed by atoms with Gasteiger partial charge in [0.15, 0.2) is 0 Å². The Morgan fingerprint density at radius 1 is 1.09 bits per heavy atom. The van der Waals surface area contributed by atoms with Crippen molar-refractivity contribution in [3.05, 3.63) is 65.9 Å². The van der Waals surface area contributed by atoms with Gasteiger partial charge in [-0.25, -0.2) is 4.79 Å². The quantitative estimate of drug-likeness (QED) is 0.487. The van der Waals surface area contributed by atoms with Crippen LogP contribution in [-0.4, -0.2) is 41.7 Å². The third kappa shape index (κ3) is 4.44. The van der Waals surface area contributed by atoms with Crippen molar-refractivity contribution in [1.82, 2.24) is 10.2 Å². The van der Waals surface area contributed by atoms with Crippen LogP contribution in [0.2, 0.25) is 0 Å². The van der Waals surface area contributed by atoms with Crippen LogP contribution in [0.5, 0.6) is 0 Å². The summed E-state index contributed by atoms with van der Waals surface area (Å²) in [7, 11) is 1.23. The molecule has 1 heterocycles. The molecular weight excluding hydrogens is 434 g/mol. The largest absolute Gasteiger partial charge is 0.467 e. The fourth-order valence-electron chi connectivity index (χ4n) is 4.11. The van der Waals surface area contributed by atoms with E-state index in [2.05, 4.69) is 21.9 Å². The number of nitrogens with zero attached hydrogens (tertiary/aromatic N) is 1. The van der Waals surface area contributed by atoms with E-state index in [9.17, 15) is 19.2 Å². The van der Waals surface area contributed by atoms with Gasteiger partial charge >= 0.3 is 5.97 Å². The average Bonchev–Trinajstić information content (AvgIpc) is 3.13. The normalized spacial score (nSPS) is 15.7. The lowest BCUT2D eigenvalue weighted by molar-refractivity contribution is -0.144. The zero-order valence-electron chi connectivity index (χ0n) is 19.2. The second-order valence-corrected chi connectivity index (χ2v) is 8.58. The van der Waals surface area contributed by atoms with Crippen LogP contribution in [0.25, 0.3) is 11.1 Å². The fraction of sp³-hybridized carbons (Fsp3) is 0.308. The maximum Gasteiger partial charge on any atom is 0.328 e. The summed E-state index contributed by atoms with van der Waals surface area (Å²) in [6.45, 7) is 5.45. The van der Waals surface area contributed by atoms with Gasteiger partial charge in [-0.1, -0.05) is 37.3 Å². The summed E-state index contributed by atoms with van der Waals surface area (Å²) in [5.74, 6) is -1.37. The van der Waals surface area contributed by atoms with E-state index in [1.165, 1.54) is 18.9 Å². The molecule has 0 bridgehead atoms. The third-order valence-electron chi connectivity index (χ3n) is 6.40. The highest BCUT2D eigenvalue weighted by molar-refractivity contribution is 6.07. The number of nitrogens with one attached hydrogen (secondary N) is 2. The number of amides is 3. The van der Waals surface area contributed by atoms with Gasteiger partial charge in [-0.05, 0) is 54.7 Å². The lowest BCUT2D eigenvalue weighted by atomic mass is 9.85. The predicted octanol–water partition coefficient (Wildman–Crippen LogP) is 3.24. The van der Waals surface area contributed by atoms with Gasteiger partial charge < -0.3 is 15.4 Å². The molecule has 8 nitrogen and oxygen atoms in total. The number of hydrogen-bond donors (Lipinski definition) is 2. The highest BCUT2D eigenvalue weighted by atomic mass is 16.5. The first-order valence-electron chi connectivity index (χ1n) is 11.2. The molecule has 2 aromatic rings. The number of methoxy groups -OCH3 is 1. The number of esters is 1. The average molecular weight is 462 g/mol. The summed E-state index contributed by atoms with van der Waals surface area (Å²) in [4.78, 5) is 50.7. The number of carbonyl (C=O) groups is 4. The fourth-order valence-corrected chi connectivity index (χ4v) is 4.11. The Labute approximate surface area is 198 Å². The maximum absolute atomic E-state index is 13.0. The Morgan fingerprint density at radius 2 is 1.76 bits per heavy atom. The molecule has 8 heteroatoms. The molecule has 0 saturated heterocycles. The SMILES string of the molecule is C=C(C(=O)NC(C)C(=O)OC)N1Cc2c(cccc2-c2ccc(NC(=O)C3CCC3)cc2)C1=O. The molecule has 0 spiro atoms. The van der Waals surface area contributed by atoms with Crippen molar-refractivity contribution in [3.8, 4) is 11.1 Å². The summed E-state index contributed by atoms with van der Waals surface area (Å²) in [6.07, 6.45) is 2.98. The minimum Gasteiger partial charge on any atom is -0.467 e.